The third-order valence-corrected chi connectivity index (χ3v) is 5.56. The van der Waals surface area contributed by atoms with Crippen molar-refractivity contribution in [2.45, 2.75) is 26.7 Å². The zero-order valence-electron chi connectivity index (χ0n) is 17.2. The molecule has 1 aromatic carbocycles. The van der Waals surface area contributed by atoms with E-state index >= 15 is 0 Å². The topological polar surface area (TPSA) is 67.4 Å². The maximum absolute atomic E-state index is 12.9. The lowest BCUT2D eigenvalue weighted by Gasteiger charge is -2.34. The van der Waals surface area contributed by atoms with Crippen LogP contribution >= 0.6 is 0 Å². The molecule has 0 aliphatic carbocycles. The number of benzene rings is 1. The van der Waals surface area contributed by atoms with Crippen molar-refractivity contribution in [1.82, 2.24) is 14.9 Å². The Hall–Kier alpha value is -2.47. The molecule has 1 aliphatic heterocycles. The normalized spacial score (nSPS) is 16.1. The summed E-state index contributed by atoms with van der Waals surface area (Å²) in [7, 11) is 3.59. The number of aromatic nitrogens is 2. The lowest BCUT2D eigenvalue weighted by atomic mass is 9.86. The van der Waals surface area contributed by atoms with Gasteiger partial charge >= 0.3 is 0 Å². The molecule has 1 amide bonds. The molecule has 0 spiro atoms. The van der Waals surface area contributed by atoms with Crippen LogP contribution in [-0.4, -0.2) is 54.6 Å². The molecular weight excluding hydrogens is 352 g/mol. The van der Waals surface area contributed by atoms with Crippen molar-refractivity contribution in [2.24, 2.45) is 11.8 Å². The van der Waals surface area contributed by atoms with Gasteiger partial charge in [-0.3, -0.25) is 4.79 Å². The van der Waals surface area contributed by atoms with E-state index in [0.29, 0.717) is 23.2 Å². The number of amides is 1. The summed E-state index contributed by atoms with van der Waals surface area (Å²) in [4.78, 5) is 23.8. The van der Waals surface area contributed by atoms with Crippen LogP contribution in [0, 0.1) is 18.8 Å². The molecule has 6 nitrogen and oxygen atoms in total. The van der Waals surface area contributed by atoms with E-state index in [0.717, 1.165) is 49.6 Å². The number of aryl methyl sites for hydroxylation is 1. The van der Waals surface area contributed by atoms with E-state index in [-0.39, 0.29) is 5.91 Å². The summed E-state index contributed by atoms with van der Waals surface area (Å²) in [5, 5.41) is 3.05. The molecule has 3 rings (SSSR count). The average molecular weight is 383 g/mol. The van der Waals surface area contributed by atoms with Crippen molar-refractivity contribution in [3.05, 3.63) is 41.6 Å². The SMILES string of the molecule is CNc1cc(C)nc(-c2ccc(C(=O)N3CCC([C@H](C)COC)CC3)cc2)n1. The van der Waals surface area contributed by atoms with Gasteiger partial charge in [0.05, 0.1) is 0 Å². The molecule has 0 bridgehead atoms. The molecule has 1 N–H and O–H groups in total. The molecule has 2 heterocycles. The fourth-order valence-electron chi connectivity index (χ4n) is 3.84. The highest BCUT2D eigenvalue weighted by Gasteiger charge is 2.26. The van der Waals surface area contributed by atoms with Crippen LogP contribution in [0.15, 0.2) is 30.3 Å². The molecule has 28 heavy (non-hydrogen) atoms. The van der Waals surface area contributed by atoms with Gasteiger partial charge in [0.1, 0.15) is 5.82 Å². The average Bonchev–Trinajstić information content (AvgIpc) is 2.73. The first-order chi connectivity index (χ1) is 13.5. The Kier molecular flexibility index (Phi) is 6.62. The zero-order valence-corrected chi connectivity index (χ0v) is 17.2. The summed E-state index contributed by atoms with van der Waals surface area (Å²) in [6, 6.07) is 9.51. The number of nitrogens with zero attached hydrogens (tertiary/aromatic N) is 3. The van der Waals surface area contributed by atoms with Gasteiger partial charge in [-0.15, -0.1) is 0 Å². The Morgan fingerprint density at radius 3 is 2.54 bits per heavy atom. The van der Waals surface area contributed by atoms with Crippen LogP contribution in [-0.2, 0) is 4.74 Å². The van der Waals surface area contributed by atoms with Crippen LogP contribution in [0.1, 0.15) is 35.8 Å². The molecule has 1 atom stereocenters. The first-order valence-electron chi connectivity index (χ1n) is 9.94. The summed E-state index contributed by atoms with van der Waals surface area (Å²) in [6.45, 7) is 6.59. The first-order valence-corrected chi connectivity index (χ1v) is 9.94. The number of hydrogen-bond donors (Lipinski definition) is 1. The van der Waals surface area contributed by atoms with Gasteiger partial charge in [0.2, 0.25) is 0 Å². The second kappa shape index (κ2) is 9.15. The number of hydrogen-bond acceptors (Lipinski definition) is 5. The van der Waals surface area contributed by atoms with Gasteiger partial charge in [-0.05, 0) is 43.7 Å². The number of carbonyl (C=O) groups is 1. The third-order valence-electron chi connectivity index (χ3n) is 5.56. The predicted molar refractivity (Wildman–Crippen MR) is 111 cm³/mol. The quantitative estimate of drug-likeness (QED) is 0.826. The Morgan fingerprint density at radius 1 is 1.25 bits per heavy atom. The van der Waals surface area contributed by atoms with Gasteiger partial charge in [0, 0.05) is 56.7 Å². The second-order valence-electron chi connectivity index (χ2n) is 7.61. The lowest BCUT2D eigenvalue weighted by molar-refractivity contribution is 0.0598. The molecule has 0 radical (unpaired) electrons. The Bertz CT molecular complexity index is 799. The summed E-state index contributed by atoms with van der Waals surface area (Å²) < 4.78 is 5.28. The van der Waals surface area contributed by atoms with Gasteiger partial charge in [0.15, 0.2) is 5.82 Å². The number of nitrogens with one attached hydrogen (secondary N) is 1. The van der Waals surface area contributed by atoms with E-state index in [1.165, 1.54) is 0 Å². The minimum absolute atomic E-state index is 0.102. The third kappa shape index (κ3) is 4.68. The van der Waals surface area contributed by atoms with Crippen LogP contribution in [0.3, 0.4) is 0 Å². The molecule has 150 valence electrons. The van der Waals surface area contributed by atoms with Crippen LogP contribution in [0.4, 0.5) is 5.82 Å². The van der Waals surface area contributed by atoms with E-state index in [1.807, 2.05) is 49.2 Å². The van der Waals surface area contributed by atoms with Crippen molar-refractivity contribution < 1.29 is 9.53 Å². The van der Waals surface area contributed by atoms with Crippen molar-refractivity contribution >= 4 is 11.7 Å². The van der Waals surface area contributed by atoms with Crippen molar-refractivity contribution in [2.75, 3.05) is 39.2 Å². The predicted octanol–water partition coefficient (Wildman–Crippen LogP) is 3.63. The highest BCUT2D eigenvalue weighted by Crippen LogP contribution is 2.26. The highest BCUT2D eigenvalue weighted by molar-refractivity contribution is 5.94. The molecule has 1 fully saturated rings. The minimum Gasteiger partial charge on any atom is -0.384 e. The van der Waals surface area contributed by atoms with Gasteiger partial charge in [0.25, 0.3) is 5.91 Å². The number of ether oxygens (including phenoxy) is 1. The minimum atomic E-state index is 0.102. The van der Waals surface area contributed by atoms with Crippen LogP contribution in [0.25, 0.3) is 11.4 Å². The van der Waals surface area contributed by atoms with Gasteiger partial charge in [-0.2, -0.15) is 0 Å². The molecule has 0 saturated carbocycles. The number of carbonyl (C=O) groups excluding carboxylic acids is 1. The summed E-state index contributed by atoms with van der Waals surface area (Å²) >= 11 is 0. The molecule has 1 aromatic heterocycles. The second-order valence-corrected chi connectivity index (χ2v) is 7.61. The summed E-state index contributed by atoms with van der Waals surface area (Å²) in [6.07, 6.45) is 2.08. The standard InChI is InChI=1S/C22H30N4O2/c1-15(14-28-4)17-9-11-26(12-10-17)22(27)19-7-5-18(6-8-19)21-24-16(2)13-20(23-3)25-21/h5-8,13,15,17H,9-12,14H2,1-4H3,(H,23,24,25)/t15-/m1/s1. The molecule has 0 unspecified atom stereocenters. The lowest BCUT2D eigenvalue weighted by Crippen LogP contribution is -2.40. The highest BCUT2D eigenvalue weighted by atomic mass is 16.5. The Morgan fingerprint density at radius 2 is 1.93 bits per heavy atom. The van der Waals surface area contributed by atoms with Crippen molar-refractivity contribution in [1.29, 1.82) is 0 Å². The number of piperidine rings is 1. The van der Waals surface area contributed by atoms with E-state index in [9.17, 15) is 4.79 Å². The monoisotopic (exact) mass is 382 g/mol. The number of rotatable bonds is 6. The first kappa shape index (κ1) is 20.3. The number of methoxy groups -OCH3 is 1. The largest absolute Gasteiger partial charge is 0.384 e. The fourth-order valence-corrected chi connectivity index (χ4v) is 3.84. The van der Waals surface area contributed by atoms with E-state index in [4.69, 9.17) is 4.74 Å². The maximum Gasteiger partial charge on any atom is 0.253 e. The van der Waals surface area contributed by atoms with Gasteiger partial charge in [-0.25, -0.2) is 9.97 Å². The van der Waals surface area contributed by atoms with Gasteiger partial charge < -0.3 is 15.0 Å². The van der Waals surface area contributed by atoms with E-state index < -0.39 is 0 Å². The van der Waals surface area contributed by atoms with E-state index in [2.05, 4.69) is 22.2 Å². The Labute approximate surface area is 167 Å². The maximum atomic E-state index is 12.9. The van der Waals surface area contributed by atoms with Crippen molar-refractivity contribution in [3.8, 4) is 11.4 Å². The Balaban J connectivity index is 1.65. The molecule has 1 aliphatic rings. The van der Waals surface area contributed by atoms with Crippen LogP contribution in [0.2, 0.25) is 0 Å². The van der Waals surface area contributed by atoms with Crippen molar-refractivity contribution in [3.63, 3.8) is 0 Å². The van der Waals surface area contributed by atoms with Crippen LogP contribution < -0.4 is 5.32 Å². The molecule has 1 saturated heterocycles. The molecular formula is C22H30N4O2. The summed E-state index contributed by atoms with van der Waals surface area (Å²) in [5.74, 6) is 2.72. The number of likely N-dealkylation sites (tertiary alicyclic amines) is 1. The van der Waals surface area contributed by atoms with Gasteiger partial charge in [-0.1, -0.05) is 19.1 Å². The fraction of sp³-hybridized carbons (Fsp3) is 0.500. The van der Waals surface area contributed by atoms with E-state index in [1.54, 1.807) is 7.11 Å². The molecule has 2 aromatic rings. The zero-order chi connectivity index (χ0) is 20.1. The molecule has 6 heteroatoms. The summed E-state index contributed by atoms with van der Waals surface area (Å²) in [5.41, 5.74) is 2.53. The number of anilines is 1. The van der Waals surface area contributed by atoms with Crippen LogP contribution in [0.5, 0.6) is 0 Å². The smallest absolute Gasteiger partial charge is 0.253 e.